The van der Waals surface area contributed by atoms with Crippen molar-refractivity contribution in [2.75, 3.05) is 14.2 Å². The Kier molecular flexibility index (Phi) is 44.3. The number of ether oxygens (including phenoxy) is 8. The molecule has 0 spiro atoms. The second-order valence-electron chi connectivity index (χ2n) is 32.9. The van der Waals surface area contributed by atoms with Crippen LogP contribution in [0.2, 0.25) is 0 Å². The minimum absolute atomic E-state index is 0.0849. The summed E-state index contributed by atoms with van der Waals surface area (Å²) in [6.07, 6.45) is -13.6. The van der Waals surface area contributed by atoms with Crippen molar-refractivity contribution in [1.29, 1.82) is 0 Å². The van der Waals surface area contributed by atoms with Crippen LogP contribution in [0.15, 0.2) is 256 Å². The Morgan fingerprint density at radius 3 is 0.857 bits per heavy atom. The van der Waals surface area contributed by atoms with Crippen LogP contribution in [-0.2, 0) is 92.0 Å². The number of halogens is 14. The van der Waals surface area contributed by atoms with Gasteiger partial charge >= 0.3 is 169 Å². The van der Waals surface area contributed by atoms with Crippen molar-refractivity contribution in [3.63, 3.8) is 0 Å². The number of aromatic nitrogens is 8. The standard InChI is InChI=1S/C19H23N3O5.C18H21N3O5.C13H12F3N3O.C11H13N3.C10H5F6IO4.C10H9F3INO.C8H11N.C8H12O6/c1-12(13-6-8-14(9-7-13)22-11-5-10-20-22)21-17(23)15-16(18(24)25-4)27-19(2,3)26-15;1-11(12-5-7-13(8-6-12)21-10-4-9-19-21)20-16(22)14-15(17(23)24)26-18(2,3)25-14;1-9(18-12(20)13(14,15)16)10-3-5-11(6-4-10)19-8-2-7-17-19;1-9(12)10-3-5-11(6-4-10)14-8-2-7-13-14;11-9(12,13)7(18)20-17(6-4-2-1-3-5-6)21-8(19)10(14,15)16;1-6(15-9(16)10(11,12)13)7-2-4-8(14)5-3-7;1-7(9)8-5-3-2-4-6-8;1-8(2)13-4(6(9)10)5(14-8)7(11)12-3/h5-12,15-16H,1-4H3,(H,21,23);4-11,14-15H,1-3H3,(H,20,22)(H,23,24);2-9H,1H3,(H,18,20);2-9H,12H2,1H3;1-5H;2-6H,1H3,(H,15,16);2-7H,9H2,1H3;4-5H,1-3H3,(H,9,10)/t12-,15-,16-;11-,14-,15-;2*9-;;6-;7-;4-,5-/m1111.111/s1. The number of carboxylic acids is 2. The van der Waals surface area contributed by atoms with E-state index < -0.39 is 171 Å². The van der Waals surface area contributed by atoms with Crippen LogP contribution in [0.4, 0.5) is 52.7 Å². The average molecular weight is 2300 g/mol. The number of hydrogen-bond donors (Lipinski definition) is 8. The fraction of sp³-hybridized carbons (Fsp3) is 0.340. The fourth-order valence-electron chi connectivity index (χ4n) is 12.8. The Morgan fingerprint density at radius 1 is 0.354 bits per heavy atom. The Balaban J connectivity index is 0.000000232. The first-order chi connectivity index (χ1) is 68.7. The molecule has 12 atom stereocenters. The molecular formula is C97H106F12I2N14O22. The molecule has 794 valence electrons. The van der Waals surface area contributed by atoms with Crippen LogP contribution in [0.5, 0.6) is 0 Å². The van der Waals surface area contributed by atoms with Crippen LogP contribution >= 0.6 is 43.2 Å². The van der Waals surface area contributed by atoms with Gasteiger partial charge in [0.2, 0.25) is 0 Å². The normalized spacial score (nSPS) is 18.0. The molecule has 3 saturated heterocycles. The Labute approximate surface area is 855 Å². The molecule has 7 heterocycles. The fourth-order valence-corrected chi connectivity index (χ4v) is 16.0. The number of benzene rings is 7. The topological polar surface area (TPSA) is 475 Å². The summed E-state index contributed by atoms with van der Waals surface area (Å²) in [6, 6.07) is 58.8. The molecule has 0 saturated carbocycles. The SMILES string of the molecule is COC(=O)[C@@H]1OC(C)(C)O[C@H]1C(=O)N[C@H](C)c1ccc(-n2cccn2)cc1.COC(=O)[C@@H]1OC(C)(C)O[C@H]1C(=O)O.C[C@@H](N)c1ccc(-n2cccn2)cc1.C[C@@H](N)c1ccccc1.C[C@@H](NC(=O)C(F)(F)F)c1ccc(-n2cccn2)cc1.C[C@@H](NC(=O)C(F)(F)F)c1ccc(I)cc1.C[C@@H](NC(=O)[C@@H]1OC(C)(C)O[C@H]1C(=O)O)c1ccc(-n2cccn2)cc1.O=C(OI(OC(=O)C(F)(F)F)c1ccccc1)C(F)(F)F. The van der Waals surface area contributed by atoms with E-state index >= 15 is 0 Å². The third-order valence-electron chi connectivity index (χ3n) is 20.1. The number of amides is 4. The molecule has 7 aromatic carbocycles. The molecule has 11 aromatic rings. The summed E-state index contributed by atoms with van der Waals surface area (Å²) >= 11 is -2.16. The predicted molar refractivity (Wildman–Crippen MR) is 518 cm³/mol. The molecule has 36 nitrogen and oxygen atoms in total. The summed E-state index contributed by atoms with van der Waals surface area (Å²) in [5.41, 5.74) is 20.4. The number of methoxy groups -OCH3 is 2. The third-order valence-corrected chi connectivity index (χ3v) is 24.2. The number of rotatable bonds is 23. The predicted octanol–water partition coefficient (Wildman–Crippen LogP) is 15.8. The summed E-state index contributed by atoms with van der Waals surface area (Å²) in [7, 11) is 2.41. The maximum absolute atomic E-state index is 12.7. The first-order valence-corrected chi connectivity index (χ1v) is 47.7. The number of aliphatic carboxylic acids is 2. The molecular weight excluding hydrogens is 2190 g/mol. The second-order valence-corrected chi connectivity index (χ2v) is 37.6. The average Bonchev–Trinajstić information content (AvgIpc) is 1.66. The quantitative estimate of drug-likeness (QED) is 0.0167. The summed E-state index contributed by atoms with van der Waals surface area (Å²) in [6.45, 7) is 20.1. The van der Waals surface area contributed by atoms with Crippen molar-refractivity contribution in [2.45, 2.75) is 198 Å². The van der Waals surface area contributed by atoms with Crippen molar-refractivity contribution < 1.29 is 155 Å². The molecule has 14 rings (SSSR count). The van der Waals surface area contributed by atoms with E-state index in [0.717, 1.165) is 62.3 Å². The summed E-state index contributed by atoms with van der Waals surface area (Å²) in [5, 5.41) is 44.0. The van der Waals surface area contributed by atoms with E-state index in [1.807, 2.05) is 183 Å². The maximum atomic E-state index is 12.7. The number of nitrogens with zero attached hydrogens (tertiary/aromatic N) is 8. The van der Waals surface area contributed by atoms with Crippen LogP contribution < -0.4 is 32.7 Å². The van der Waals surface area contributed by atoms with Crippen molar-refractivity contribution >= 4 is 103 Å². The summed E-state index contributed by atoms with van der Waals surface area (Å²) in [5.74, 6) is -17.4. The van der Waals surface area contributed by atoms with Crippen LogP contribution in [0.1, 0.15) is 153 Å². The molecule has 50 heteroatoms. The van der Waals surface area contributed by atoms with E-state index in [9.17, 15) is 106 Å². The molecule has 147 heavy (non-hydrogen) atoms. The molecule has 4 amide bonds. The summed E-state index contributed by atoms with van der Waals surface area (Å²) in [4.78, 5) is 113. The molecule has 0 bridgehead atoms. The molecule has 10 N–H and O–H groups in total. The first-order valence-electron chi connectivity index (χ1n) is 43.8. The number of hydrogen-bond acceptors (Lipinski definition) is 26. The van der Waals surface area contributed by atoms with Crippen molar-refractivity contribution in [2.24, 2.45) is 11.5 Å². The zero-order valence-corrected chi connectivity index (χ0v) is 85.1. The van der Waals surface area contributed by atoms with Crippen LogP contribution in [0, 0.1) is 7.14 Å². The van der Waals surface area contributed by atoms with Gasteiger partial charge in [0.05, 0.1) is 61.1 Å². The monoisotopic (exact) mass is 2300 g/mol. The van der Waals surface area contributed by atoms with Gasteiger partial charge in [0.1, 0.15) is 0 Å². The Bertz CT molecular complexity index is 6000. The number of nitrogens with two attached hydrogens (primary N) is 2. The van der Waals surface area contributed by atoms with Gasteiger partial charge in [-0.3, -0.25) is 19.2 Å². The number of carbonyl (C=O) groups excluding carboxylic acids is 8. The zero-order chi connectivity index (χ0) is 109. The number of esters is 2. The van der Waals surface area contributed by atoms with E-state index in [1.54, 1.807) is 127 Å². The van der Waals surface area contributed by atoms with Gasteiger partial charge in [-0.25, -0.2) is 37.9 Å². The van der Waals surface area contributed by atoms with Gasteiger partial charge in [-0.05, 0) is 224 Å². The molecule has 0 unspecified atom stereocenters. The molecule has 0 aliphatic carbocycles. The van der Waals surface area contributed by atoms with Crippen molar-refractivity contribution in [3.05, 3.63) is 296 Å². The van der Waals surface area contributed by atoms with E-state index in [4.69, 9.17) is 49.7 Å². The molecule has 0 radical (unpaired) electrons. The second kappa shape index (κ2) is 54.2. The van der Waals surface area contributed by atoms with E-state index in [-0.39, 0.29) is 27.7 Å². The number of nitrogens with one attached hydrogen (secondary N) is 4. The molecule has 3 aliphatic heterocycles. The van der Waals surface area contributed by atoms with E-state index in [2.05, 4.69) is 64.5 Å². The Hall–Kier alpha value is -13.6. The zero-order valence-electron chi connectivity index (χ0n) is 80.8. The van der Waals surface area contributed by atoms with Gasteiger partial charge < -0.3 is 80.8 Å². The van der Waals surface area contributed by atoms with Crippen LogP contribution in [0.25, 0.3) is 22.7 Å². The minimum atomic E-state index is -5.41. The number of alkyl halides is 12. The van der Waals surface area contributed by atoms with Crippen molar-refractivity contribution in [1.82, 2.24) is 60.4 Å². The third kappa shape index (κ3) is 38.3. The van der Waals surface area contributed by atoms with Crippen molar-refractivity contribution in [3.8, 4) is 22.7 Å². The van der Waals surface area contributed by atoms with Gasteiger partial charge in [-0.2, -0.15) is 46.7 Å². The van der Waals surface area contributed by atoms with Gasteiger partial charge in [0.15, 0.2) is 54.0 Å². The van der Waals surface area contributed by atoms with E-state index in [0.29, 0.717) is 11.1 Å². The molecule has 4 aromatic heterocycles. The Morgan fingerprint density at radius 2 is 0.599 bits per heavy atom. The molecule has 3 aliphatic rings. The van der Waals surface area contributed by atoms with Gasteiger partial charge in [-0.15, -0.1) is 0 Å². The van der Waals surface area contributed by atoms with Crippen LogP contribution in [-0.4, -0.2) is 202 Å². The van der Waals surface area contributed by atoms with Gasteiger partial charge in [0.25, 0.3) is 11.8 Å². The van der Waals surface area contributed by atoms with E-state index in [1.165, 1.54) is 58.6 Å². The van der Waals surface area contributed by atoms with Crippen LogP contribution in [0.3, 0.4) is 0 Å². The first kappa shape index (κ1) is 120. The van der Waals surface area contributed by atoms with Gasteiger partial charge in [0, 0.05) is 65.2 Å². The summed E-state index contributed by atoms with van der Waals surface area (Å²) < 4.78 is 202. The number of carboxylic acid groups (broad SMARTS) is 2. The number of carbonyl (C=O) groups is 10. The van der Waals surface area contributed by atoms with Gasteiger partial charge in [-0.1, -0.05) is 91.0 Å². The molecule has 3 fully saturated rings.